The molecule has 2 aliphatic heterocycles. The Morgan fingerprint density at radius 1 is 1.35 bits per heavy atom. The fourth-order valence-electron chi connectivity index (χ4n) is 3.22. The standard InChI is InChI=1S/C15H20BrN3O/c16-12-2-1-3-13(7-12)18-5-4-14(10-18)19-9-11(8-17)6-15(19)20/h1-3,7,11,14H,4-6,8-10,17H2. The Bertz CT molecular complexity index is 508. The third-order valence-corrected chi connectivity index (χ3v) is 4.84. The first-order valence-electron chi connectivity index (χ1n) is 7.17. The van der Waals surface area contributed by atoms with Gasteiger partial charge in [0.2, 0.25) is 5.91 Å². The number of benzene rings is 1. The largest absolute Gasteiger partial charge is 0.369 e. The highest BCUT2D eigenvalue weighted by Crippen LogP contribution is 2.28. The number of nitrogens with two attached hydrogens (primary N) is 1. The molecule has 2 saturated heterocycles. The van der Waals surface area contributed by atoms with Gasteiger partial charge >= 0.3 is 0 Å². The zero-order valence-corrected chi connectivity index (χ0v) is 13.1. The Balaban J connectivity index is 1.67. The van der Waals surface area contributed by atoms with Crippen molar-refractivity contribution in [3.8, 4) is 0 Å². The van der Waals surface area contributed by atoms with E-state index in [1.165, 1.54) is 5.69 Å². The molecule has 2 aliphatic rings. The molecule has 3 rings (SSSR count). The Morgan fingerprint density at radius 3 is 2.90 bits per heavy atom. The van der Waals surface area contributed by atoms with Gasteiger partial charge in [0.05, 0.1) is 6.04 Å². The van der Waals surface area contributed by atoms with Crippen LogP contribution in [0.2, 0.25) is 0 Å². The van der Waals surface area contributed by atoms with Crippen molar-refractivity contribution in [2.45, 2.75) is 18.9 Å². The van der Waals surface area contributed by atoms with E-state index in [9.17, 15) is 4.79 Å². The van der Waals surface area contributed by atoms with Crippen molar-refractivity contribution in [2.24, 2.45) is 11.7 Å². The number of amides is 1. The molecule has 0 radical (unpaired) electrons. The van der Waals surface area contributed by atoms with E-state index in [-0.39, 0.29) is 5.91 Å². The average Bonchev–Trinajstić information content (AvgIpc) is 3.05. The average molecular weight is 338 g/mol. The predicted molar refractivity (Wildman–Crippen MR) is 83.6 cm³/mol. The number of nitrogens with zero attached hydrogens (tertiary/aromatic N) is 2. The molecular formula is C15H20BrN3O. The molecule has 2 unspecified atom stereocenters. The van der Waals surface area contributed by atoms with Gasteiger partial charge < -0.3 is 15.5 Å². The minimum absolute atomic E-state index is 0.279. The van der Waals surface area contributed by atoms with E-state index in [0.717, 1.165) is 30.5 Å². The van der Waals surface area contributed by atoms with Gasteiger partial charge in [0.25, 0.3) is 0 Å². The van der Waals surface area contributed by atoms with E-state index in [2.05, 4.69) is 43.9 Å². The monoisotopic (exact) mass is 337 g/mol. The minimum atomic E-state index is 0.279. The highest BCUT2D eigenvalue weighted by Gasteiger charge is 2.36. The molecule has 0 saturated carbocycles. The maximum atomic E-state index is 12.1. The predicted octanol–water partition coefficient (Wildman–Crippen LogP) is 1.83. The fraction of sp³-hybridized carbons (Fsp3) is 0.533. The second-order valence-corrected chi connectivity index (χ2v) is 6.64. The van der Waals surface area contributed by atoms with Crippen LogP contribution in [0.3, 0.4) is 0 Å². The van der Waals surface area contributed by atoms with Gasteiger partial charge in [0.15, 0.2) is 0 Å². The first-order valence-corrected chi connectivity index (χ1v) is 7.96. The van der Waals surface area contributed by atoms with Crippen LogP contribution < -0.4 is 10.6 Å². The number of likely N-dealkylation sites (tertiary alicyclic amines) is 1. The summed E-state index contributed by atoms with van der Waals surface area (Å²) in [5.74, 6) is 0.629. The van der Waals surface area contributed by atoms with Crippen LogP contribution in [0.1, 0.15) is 12.8 Å². The summed E-state index contributed by atoms with van der Waals surface area (Å²) in [5.41, 5.74) is 6.92. The van der Waals surface area contributed by atoms with Crippen molar-refractivity contribution < 1.29 is 4.79 Å². The lowest BCUT2D eigenvalue weighted by molar-refractivity contribution is -0.129. The van der Waals surface area contributed by atoms with Gasteiger partial charge in [-0.15, -0.1) is 0 Å². The van der Waals surface area contributed by atoms with Crippen LogP contribution in [-0.4, -0.2) is 43.0 Å². The topological polar surface area (TPSA) is 49.6 Å². The molecular weight excluding hydrogens is 318 g/mol. The second-order valence-electron chi connectivity index (χ2n) is 5.72. The number of halogens is 1. The fourth-order valence-corrected chi connectivity index (χ4v) is 3.61. The van der Waals surface area contributed by atoms with Gasteiger partial charge in [-0.3, -0.25) is 4.79 Å². The van der Waals surface area contributed by atoms with Crippen LogP contribution in [0.5, 0.6) is 0 Å². The maximum Gasteiger partial charge on any atom is 0.223 e. The van der Waals surface area contributed by atoms with Gasteiger partial charge in [0.1, 0.15) is 0 Å². The molecule has 20 heavy (non-hydrogen) atoms. The van der Waals surface area contributed by atoms with E-state index in [1.807, 2.05) is 6.07 Å². The van der Waals surface area contributed by atoms with Crippen molar-refractivity contribution >= 4 is 27.5 Å². The summed E-state index contributed by atoms with van der Waals surface area (Å²) in [6.07, 6.45) is 1.68. The third-order valence-electron chi connectivity index (χ3n) is 4.35. The van der Waals surface area contributed by atoms with Crippen LogP contribution in [-0.2, 0) is 4.79 Å². The number of hydrogen-bond acceptors (Lipinski definition) is 3. The quantitative estimate of drug-likeness (QED) is 0.915. The summed E-state index contributed by atoms with van der Waals surface area (Å²) in [7, 11) is 0. The zero-order valence-electron chi connectivity index (χ0n) is 11.5. The minimum Gasteiger partial charge on any atom is -0.369 e. The van der Waals surface area contributed by atoms with Crippen molar-refractivity contribution in [1.82, 2.24) is 4.90 Å². The number of carbonyl (C=O) groups excluding carboxylic acids is 1. The number of anilines is 1. The lowest BCUT2D eigenvalue weighted by atomic mass is 10.1. The summed E-state index contributed by atoms with van der Waals surface area (Å²) in [5, 5.41) is 0. The molecule has 2 N–H and O–H groups in total. The van der Waals surface area contributed by atoms with Crippen molar-refractivity contribution in [3.05, 3.63) is 28.7 Å². The molecule has 2 heterocycles. The van der Waals surface area contributed by atoms with Crippen LogP contribution in [0.15, 0.2) is 28.7 Å². The van der Waals surface area contributed by atoms with Crippen LogP contribution in [0, 0.1) is 5.92 Å². The molecule has 1 aromatic carbocycles. The summed E-state index contributed by atoms with van der Waals surface area (Å²) in [6.45, 7) is 3.40. The van der Waals surface area contributed by atoms with Crippen LogP contribution >= 0.6 is 15.9 Å². The van der Waals surface area contributed by atoms with Gasteiger partial charge in [-0.05, 0) is 37.1 Å². The van der Waals surface area contributed by atoms with Crippen molar-refractivity contribution in [3.63, 3.8) is 0 Å². The summed E-state index contributed by atoms with van der Waals surface area (Å²) < 4.78 is 1.10. The van der Waals surface area contributed by atoms with Crippen molar-refractivity contribution in [1.29, 1.82) is 0 Å². The van der Waals surface area contributed by atoms with Crippen LogP contribution in [0.25, 0.3) is 0 Å². The Hall–Kier alpha value is -1.07. The first-order chi connectivity index (χ1) is 9.67. The Kier molecular flexibility index (Phi) is 3.98. The lowest BCUT2D eigenvalue weighted by Crippen LogP contribution is -2.39. The Morgan fingerprint density at radius 2 is 2.20 bits per heavy atom. The molecule has 1 amide bonds. The number of rotatable bonds is 3. The smallest absolute Gasteiger partial charge is 0.223 e. The molecule has 2 atom stereocenters. The van der Waals surface area contributed by atoms with E-state index in [0.29, 0.717) is 24.9 Å². The number of carbonyl (C=O) groups is 1. The highest BCUT2D eigenvalue weighted by molar-refractivity contribution is 9.10. The van der Waals surface area contributed by atoms with E-state index >= 15 is 0 Å². The summed E-state index contributed by atoms with van der Waals surface area (Å²) in [4.78, 5) is 16.5. The van der Waals surface area contributed by atoms with E-state index in [1.54, 1.807) is 0 Å². The SMILES string of the molecule is NCC1CC(=O)N(C2CCN(c3cccc(Br)c3)C2)C1. The van der Waals surface area contributed by atoms with Gasteiger partial charge in [-0.2, -0.15) is 0 Å². The Labute approximate surface area is 128 Å². The van der Waals surface area contributed by atoms with Gasteiger partial charge in [-0.25, -0.2) is 0 Å². The van der Waals surface area contributed by atoms with Gasteiger partial charge in [0, 0.05) is 36.2 Å². The van der Waals surface area contributed by atoms with E-state index in [4.69, 9.17) is 5.73 Å². The molecule has 0 spiro atoms. The summed E-state index contributed by atoms with van der Waals surface area (Å²) >= 11 is 3.51. The third kappa shape index (κ3) is 2.69. The van der Waals surface area contributed by atoms with Gasteiger partial charge in [-0.1, -0.05) is 22.0 Å². The molecule has 5 heteroatoms. The normalized spacial score (nSPS) is 26.6. The molecule has 0 bridgehead atoms. The number of hydrogen-bond donors (Lipinski definition) is 1. The summed E-state index contributed by atoms with van der Waals surface area (Å²) in [6, 6.07) is 8.70. The van der Waals surface area contributed by atoms with Crippen LogP contribution in [0.4, 0.5) is 5.69 Å². The van der Waals surface area contributed by atoms with E-state index < -0.39 is 0 Å². The molecule has 2 fully saturated rings. The maximum absolute atomic E-state index is 12.1. The molecule has 108 valence electrons. The first kappa shape index (κ1) is 13.9. The molecule has 1 aromatic rings. The highest BCUT2D eigenvalue weighted by atomic mass is 79.9. The molecule has 4 nitrogen and oxygen atoms in total. The van der Waals surface area contributed by atoms with Crippen molar-refractivity contribution in [2.75, 3.05) is 31.1 Å². The second kappa shape index (κ2) is 5.74. The lowest BCUT2D eigenvalue weighted by Gasteiger charge is -2.25. The molecule has 0 aliphatic carbocycles. The molecule has 0 aromatic heterocycles. The zero-order chi connectivity index (χ0) is 14.1.